The molecule has 1 aliphatic rings. The van der Waals surface area contributed by atoms with Crippen LogP contribution < -0.4 is 10.6 Å². The molecule has 0 amide bonds. The lowest BCUT2D eigenvalue weighted by Crippen LogP contribution is -2.42. The van der Waals surface area contributed by atoms with Crippen LogP contribution in [0.25, 0.3) is 0 Å². The predicted molar refractivity (Wildman–Crippen MR) is 136 cm³/mol. The summed E-state index contributed by atoms with van der Waals surface area (Å²) in [5.41, 5.74) is 1.22. The molecule has 0 radical (unpaired) electrons. The van der Waals surface area contributed by atoms with Gasteiger partial charge in [0, 0.05) is 31.1 Å². The van der Waals surface area contributed by atoms with E-state index in [4.69, 9.17) is 14.5 Å². The van der Waals surface area contributed by atoms with Crippen molar-refractivity contribution in [1.82, 2.24) is 10.6 Å². The lowest BCUT2D eigenvalue weighted by Gasteiger charge is -2.35. The summed E-state index contributed by atoms with van der Waals surface area (Å²) in [5.74, 6) is 2.43. The van der Waals surface area contributed by atoms with Crippen molar-refractivity contribution in [3.8, 4) is 0 Å². The van der Waals surface area contributed by atoms with Gasteiger partial charge in [0.25, 0.3) is 0 Å². The summed E-state index contributed by atoms with van der Waals surface area (Å²) in [4.78, 5) is 4.90. The van der Waals surface area contributed by atoms with Crippen LogP contribution in [0, 0.1) is 5.92 Å². The summed E-state index contributed by atoms with van der Waals surface area (Å²) in [6, 6.07) is 10.3. The van der Waals surface area contributed by atoms with Crippen LogP contribution in [0.15, 0.2) is 35.3 Å². The first-order valence-electron chi connectivity index (χ1n) is 10.5. The Morgan fingerprint density at radius 2 is 1.93 bits per heavy atom. The average molecular weight is 536 g/mol. The van der Waals surface area contributed by atoms with Gasteiger partial charge in [0.15, 0.2) is 5.96 Å². The fourth-order valence-corrected chi connectivity index (χ4v) is 4.47. The van der Waals surface area contributed by atoms with E-state index in [9.17, 15) is 0 Å². The van der Waals surface area contributed by atoms with Crippen LogP contribution in [-0.4, -0.2) is 55.9 Å². The second-order valence-electron chi connectivity index (χ2n) is 7.41. The number of hydrogen-bond donors (Lipinski definition) is 2. The van der Waals surface area contributed by atoms with Crippen molar-refractivity contribution < 1.29 is 9.47 Å². The van der Waals surface area contributed by atoms with Crippen molar-refractivity contribution in [1.29, 1.82) is 0 Å². The Balaban J connectivity index is 0.00000420. The second-order valence-corrected chi connectivity index (χ2v) is 9.14. The molecule has 0 spiro atoms. The lowest BCUT2D eigenvalue weighted by molar-refractivity contribution is 0.0793. The number of nitrogens with one attached hydrogen (secondary N) is 2. The number of aliphatic imine (C=N–C) groups is 1. The number of hydrogen-bond acceptors (Lipinski definition) is 4. The smallest absolute Gasteiger partial charge is 0.191 e. The molecule has 1 atom stereocenters. The van der Waals surface area contributed by atoms with Gasteiger partial charge >= 0.3 is 0 Å². The van der Waals surface area contributed by atoms with Crippen molar-refractivity contribution in [2.45, 2.75) is 45.0 Å². The van der Waals surface area contributed by atoms with Gasteiger partial charge in [0.2, 0.25) is 0 Å². The molecule has 5 nitrogen and oxygen atoms in total. The molecule has 0 aliphatic carbocycles. The molecule has 7 heteroatoms. The summed E-state index contributed by atoms with van der Waals surface area (Å²) in [6.07, 6.45) is 2.16. The van der Waals surface area contributed by atoms with E-state index in [0.717, 1.165) is 64.0 Å². The summed E-state index contributed by atoms with van der Waals surface area (Å²) in [5, 5.41) is 6.86. The van der Waals surface area contributed by atoms with Crippen molar-refractivity contribution in [2.75, 3.05) is 45.2 Å². The van der Waals surface area contributed by atoms with E-state index in [2.05, 4.69) is 43.5 Å². The SMILES string of the molecule is CCNC(=NCC1(SCC)CCOCC1)NCC(C)COCc1ccccc1.I. The monoisotopic (exact) mass is 535 g/mol. The maximum absolute atomic E-state index is 5.86. The zero-order chi connectivity index (χ0) is 20.1. The molecule has 2 N–H and O–H groups in total. The Morgan fingerprint density at radius 1 is 1.21 bits per heavy atom. The minimum atomic E-state index is 0. The van der Waals surface area contributed by atoms with Crippen molar-refractivity contribution >= 4 is 41.7 Å². The van der Waals surface area contributed by atoms with Gasteiger partial charge in [0.05, 0.1) is 19.8 Å². The van der Waals surface area contributed by atoms with Crippen molar-refractivity contribution in [3.05, 3.63) is 35.9 Å². The molecule has 166 valence electrons. The van der Waals surface area contributed by atoms with Gasteiger partial charge in [-0.15, -0.1) is 24.0 Å². The number of ether oxygens (including phenoxy) is 2. The number of guanidine groups is 1. The zero-order valence-corrected chi connectivity index (χ0v) is 21.3. The third kappa shape index (κ3) is 10.4. The Bertz CT molecular complexity index is 563. The molecule has 1 saturated heterocycles. The molecule has 1 heterocycles. The van der Waals surface area contributed by atoms with E-state index in [1.807, 2.05) is 30.0 Å². The van der Waals surface area contributed by atoms with Crippen molar-refractivity contribution in [2.24, 2.45) is 10.9 Å². The number of thioether (sulfide) groups is 1. The molecule has 2 rings (SSSR count). The first-order valence-corrected chi connectivity index (χ1v) is 11.5. The van der Waals surface area contributed by atoms with Crippen LogP contribution in [-0.2, 0) is 16.1 Å². The average Bonchev–Trinajstić information content (AvgIpc) is 2.72. The van der Waals surface area contributed by atoms with Crippen LogP contribution in [0.2, 0.25) is 0 Å². The highest BCUT2D eigenvalue weighted by atomic mass is 127. The van der Waals surface area contributed by atoms with Gasteiger partial charge < -0.3 is 20.1 Å². The number of rotatable bonds is 11. The third-order valence-electron chi connectivity index (χ3n) is 4.86. The summed E-state index contributed by atoms with van der Waals surface area (Å²) >= 11 is 2.03. The van der Waals surface area contributed by atoms with Gasteiger partial charge in [0.1, 0.15) is 0 Å². The van der Waals surface area contributed by atoms with E-state index in [1.54, 1.807) is 0 Å². The first-order chi connectivity index (χ1) is 13.7. The van der Waals surface area contributed by atoms with E-state index < -0.39 is 0 Å². The molecule has 1 unspecified atom stereocenters. The minimum Gasteiger partial charge on any atom is -0.381 e. The zero-order valence-electron chi connectivity index (χ0n) is 18.1. The fourth-order valence-electron chi connectivity index (χ4n) is 3.24. The maximum atomic E-state index is 5.86. The van der Waals surface area contributed by atoms with E-state index in [1.165, 1.54) is 5.56 Å². The standard InChI is InChI=1S/C22H37N3O2S.HI/c1-4-23-21(25-18-22(28-5-2)11-13-26-14-12-22)24-15-19(3)16-27-17-20-9-7-6-8-10-20;/h6-10,19H,4-5,11-18H2,1-3H3,(H2,23,24,25);1H. The summed E-state index contributed by atoms with van der Waals surface area (Å²) in [7, 11) is 0. The van der Waals surface area contributed by atoms with Crippen LogP contribution in [0.4, 0.5) is 0 Å². The Hall–Kier alpha value is -0.510. The van der Waals surface area contributed by atoms with Gasteiger partial charge in [-0.25, -0.2) is 0 Å². The Labute approximate surface area is 198 Å². The highest BCUT2D eigenvalue weighted by Gasteiger charge is 2.32. The highest BCUT2D eigenvalue weighted by molar-refractivity contribution is 14.0. The quantitative estimate of drug-likeness (QED) is 0.251. The fraction of sp³-hybridized carbons (Fsp3) is 0.682. The summed E-state index contributed by atoms with van der Waals surface area (Å²) < 4.78 is 11.6. The van der Waals surface area contributed by atoms with Gasteiger partial charge in [-0.05, 0) is 37.0 Å². The molecule has 1 aliphatic heterocycles. The second kappa shape index (κ2) is 15.3. The van der Waals surface area contributed by atoms with Gasteiger partial charge in [-0.3, -0.25) is 4.99 Å². The number of nitrogens with zero attached hydrogens (tertiary/aromatic N) is 1. The van der Waals surface area contributed by atoms with Crippen LogP contribution >= 0.6 is 35.7 Å². The first kappa shape index (κ1) is 26.5. The van der Waals surface area contributed by atoms with Crippen LogP contribution in [0.3, 0.4) is 0 Å². The maximum Gasteiger partial charge on any atom is 0.191 e. The van der Waals surface area contributed by atoms with E-state index in [-0.39, 0.29) is 28.7 Å². The topological polar surface area (TPSA) is 54.9 Å². The van der Waals surface area contributed by atoms with Crippen molar-refractivity contribution in [3.63, 3.8) is 0 Å². The largest absolute Gasteiger partial charge is 0.381 e. The number of benzene rings is 1. The Morgan fingerprint density at radius 3 is 2.59 bits per heavy atom. The van der Waals surface area contributed by atoms with Gasteiger partial charge in [-0.2, -0.15) is 11.8 Å². The molecule has 1 aromatic rings. The normalized spacial score (nSPS) is 17.3. The molecule has 0 saturated carbocycles. The number of halogens is 1. The summed E-state index contributed by atoms with van der Waals surface area (Å²) in [6.45, 7) is 12.2. The minimum absolute atomic E-state index is 0. The van der Waals surface area contributed by atoms with E-state index >= 15 is 0 Å². The molecule has 1 aromatic carbocycles. The van der Waals surface area contributed by atoms with Crippen LogP contribution in [0.1, 0.15) is 39.2 Å². The molecule has 29 heavy (non-hydrogen) atoms. The molecule has 0 aromatic heterocycles. The molecular formula is C22H38IN3O2S. The third-order valence-corrected chi connectivity index (χ3v) is 6.29. The van der Waals surface area contributed by atoms with Gasteiger partial charge in [-0.1, -0.05) is 44.2 Å². The predicted octanol–water partition coefficient (Wildman–Crippen LogP) is 4.31. The molecular weight excluding hydrogens is 497 g/mol. The molecule has 1 fully saturated rings. The van der Waals surface area contributed by atoms with E-state index in [0.29, 0.717) is 12.5 Å². The Kier molecular flexibility index (Phi) is 14.0. The molecule has 0 bridgehead atoms. The highest BCUT2D eigenvalue weighted by Crippen LogP contribution is 2.35. The van der Waals surface area contributed by atoms with Crippen LogP contribution in [0.5, 0.6) is 0 Å². The lowest BCUT2D eigenvalue weighted by atomic mass is 9.99.